The Kier molecular flexibility index (Phi) is 3.72. The Balaban J connectivity index is 2.12. The van der Waals surface area contributed by atoms with Crippen LogP contribution in [0.25, 0.3) is 5.57 Å². The Morgan fingerprint density at radius 2 is 1.91 bits per heavy atom. The number of hydrogen-bond acceptors (Lipinski definition) is 2. The maximum absolute atomic E-state index is 12.6. The highest BCUT2D eigenvalue weighted by molar-refractivity contribution is 6.32. The molecule has 1 aliphatic carbocycles. The van der Waals surface area contributed by atoms with Gasteiger partial charge in [0.2, 0.25) is 0 Å². The molecule has 2 aliphatic rings. The van der Waals surface area contributed by atoms with Gasteiger partial charge in [0.15, 0.2) is 0 Å². The van der Waals surface area contributed by atoms with E-state index in [0.29, 0.717) is 16.5 Å². The minimum absolute atomic E-state index is 0.180. The number of hydrogen-bond donors (Lipinski definition) is 2. The van der Waals surface area contributed by atoms with E-state index in [1.54, 1.807) is 0 Å². The number of aliphatic hydroxyl groups excluding tert-OH is 1. The first-order valence-corrected chi connectivity index (χ1v) is 8.26. The monoisotopic (exact) mass is 319 g/mol. The van der Waals surface area contributed by atoms with Crippen LogP contribution in [-0.4, -0.2) is 16.6 Å². The molecule has 1 aromatic carbocycles. The zero-order chi connectivity index (χ0) is 16.1. The van der Waals surface area contributed by atoms with Gasteiger partial charge in [-0.2, -0.15) is 0 Å². The Hall–Kier alpha value is -1.48. The zero-order valence-corrected chi connectivity index (χ0v) is 14.0. The van der Waals surface area contributed by atoms with Gasteiger partial charge in [-0.1, -0.05) is 24.6 Å². The average Bonchev–Trinajstić information content (AvgIpc) is 2.71. The molecule has 0 aromatic heterocycles. The summed E-state index contributed by atoms with van der Waals surface area (Å²) in [5, 5.41) is 14.5. The quantitative estimate of drug-likeness (QED) is 0.810. The molecule has 3 nitrogen and oxygen atoms in total. The van der Waals surface area contributed by atoms with Gasteiger partial charge in [-0.25, -0.2) is 0 Å². The third-order valence-corrected chi connectivity index (χ3v) is 5.66. The third kappa shape index (κ3) is 2.23. The molecular weight excluding hydrogens is 298 g/mol. The molecule has 0 saturated heterocycles. The van der Waals surface area contributed by atoms with Crippen molar-refractivity contribution in [3.8, 4) is 0 Å². The Labute approximate surface area is 136 Å². The fourth-order valence-corrected chi connectivity index (χ4v) is 3.90. The van der Waals surface area contributed by atoms with Gasteiger partial charge in [-0.15, -0.1) is 0 Å². The third-order valence-electron chi connectivity index (χ3n) is 5.26. The topological polar surface area (TPSA) is 49.3 Å². The lowest BCUT2D eigenvalue weighted by Crippen LogP contribution is -2.47. The Morgan fingerprint density at radius 3 is 2.55 bits per heavy atom. The fourth-order valence-electron chi connectivity index (χ4n) is 3.74. The molecule has 0 atom stereocenters. The summed E-state index contributed by atoms with van der Waals surface area (Å²) in [6.07, 6.45) is 3.64. The number of halogens is 1. The van der Waals surface area contributed by atoms with Crippen molar-refractivity contribution in [2.45, 2.75) is 52.0 Å². The highest BCUT2D eigenvalue weighted by Crippen LogP contribution is 2.44. The first-order valence-electron chi connectivity index (χ1n) is 7.88. The van der Waals surface area contributed by atoms with E-state index in [1.807, 2.05) is 26.0 Å². The molecule has 1 amide bonds. The number of amides is 1. The van der Waals surface area contributed by atoms with Crippen molar-refractivity contribution < 1.29 is 9.90 Å². The van der Waals surface area contributed by atoms with Crippen LogP contribution in [0.15, 0.2) is 17.9 Å². The van der Waals surface area contributed by atoms with Gasteiger partial charge in [0.1, 0.15) is 5.76 Å². The van der Waals surface area contributed by atoms with Crippen LogP contribution in [0.2, 0.25) is 5.02 Å². The first-order chi connectivity index (χ1) is 10.4. The van der Waals surface area contributed by atoms with E-state index in [1.165, 1.54) is 0 Å². The minimum Gasteiger partial charge on any atom is -0.509 e. The van der Waals surface area contributed by atoms with E-state index in [4.69, 9.17) is 11.6 Å². The van der Waals surface area contributed by atoms with Gasteiger partial charge in [-0.05, 0) is 68.2 Å². The van der Waals surface area contributed by atoms with Crippen LogP contribution in [0.1, 0.15) is 49.3 Å². The van der Waals surface area contributed by atoms with Gasteiger partial charge in [0, 0.05) is 5.02 Å². The van der Waals surface area contributed by atoms with Crippen molar-refractivity contribution in [1.82, 2.24) is 5.32 Å². The molecule has 1 spiro atoms. The van der Waals surface area contributed by atoms with Crippen molar-refractivity contribution in [1.29, 1.82) is 0 Å². The molecular formula is C18H22ClNO2. The molecule has 0 bridgehead atoms. The number of nitrogens with one attached hydrogen (secondary N) is 1. The zero-order valence-electron chi connectivity index (χ0n) is 13.3. The molecule has 22 heavy (non-hydrogen) atoms. The van der Waals surface area contributed by atoms with Crippen molar-refractivity contribution >= 4 is 23.1 Å². The Bertz CT molecular complexity index is 670. The second-order valence-electron chi connectivity index (χ2n) is 6.81. The van der Waals surface area contributed by atoms with Crippen molar-refractivity contribution in [3.63, 3.8) is 0 Å². The van der Waals surface area contributed by atoms with Crippen LogP contribution in [0.5, 0.6) is 0 Å². The molecule has 1 fully saturated rings. The Morgan fingerprint density at radius 1 is 1.27 bits per heavy atom. The van der Waals surface area contributed by atoms with E-state index in [9.17, 15) is 9.90 Å². The number of carbonyl (C=O) groups excluding carboxylic acids is 1. The average molecular weight is 320 g/mol. The first kappa shape index (κ1) is 15.4. The molecule has 1 aliphatic heterocycles. The summed E-state index contributed by atoms with van der Waals surface area (Å²) in [6, 6.07) is 3.73. The van der Waals surface area contributed by atoms with Crippen LogP contribution in [0, 0.1) is 19.8 Å². The second kappa shape index (κ2) is 5.31. The molecule has 1 saturated carbocycles. The second-order valence-corrected chi connectivity index (χ2v) is 7.21. The lowest BCUT2D eigenvalue weighted by atomic mass is 9.76. The van der Waals surface area contributed by atoms with Crippen molar-refractivity contribution in [3.05, 3.63) is 39.6 Å². The van der Waals surface area contributed by atoms with Crippen LogP contribution in [-0.2, 0) is 4.79 Å². The summed E-state index contributed by atoms with van der Waals surface area (Å²) >= 11 is 6.22. The van der Waals surface area contributed by atoms with Gasteiger partial charge in [0.05, 0.1) is 11.1 Å². The molecule has 3 rings (SSSR count). The highest BCUT2D eigenvalue weighted by atomic mass is 35.5. The molecule has 2 N–H and O–H groups in total. The largest absolute Gasteiger partial charge is 0.509 e. The minimum atomic E-state index is -0.569. The normalized spacial score (nSPS) is 28.4. The van der Waals surface area contributed by atoms with Crippen molar-refractivity contribution in [2.24, 2.45) is 5.92 Å². The predicted octanol–water partition coefficient (Wildman–Crippen LogP) is 4.30. The summed E-state index contributed by atoms with van der Waals surface area (Å²) in [7, 11) is 0. The van der Waals surface area contributed by atoms with Gasteiger partial charge < -0.3 is 10.4 Å². The van der Waals surface area contributed by atoms with Gasteiger partial charge in [0.25, 0.3) is 5.91 Å². The molecule has 0 unspecified atom stereocenters. The predicted molar refractivity (Wildman–Crippen MR) is 89.0 cm³/mol. The van der Waals surface area contributed by atoms with E-state index < -0.39 is 5.54 Å². The number of aryl methyl sites for hydroxylation is 1. The van der Waals surface area contributed by atoms with E-state index >= 15 is 0 Å². The van der Waals surface area contributed by atoms with Crippen LogP contribution in [0.3, 0.4) is 0 Å². The van der Waals surface area contributed by atoms with E-state index in [2.05, 4.69) is 12.2 Å². The molecule has 0 radical (unpaired) electrons. The summed E-state index contributed by atoms with van der Waals surface area (Å²) in [6.45, 7) is 6.06. The summed E-state index contributed by atoms with van der Waals surface area (Å²) in [5.74, 6) is 0.674. The lowest BCUT2D eigenvalue weighted by molar-refractivity contribution is -0.116. The SMILES string of the molecule is Cc1ccc(Cl)c(C)c1C1=C(O)C2(CCC(C)CC2)NC1=O. The van der Waals surface area contributed by atoms with Crippen LogP contribution < -0.4 is 5.32 Å². The molecule has 118 valence electrons. The number of carbonyl (C=O) groups is 1. The summed E-state index contributed by atoms with van der Waals surface area (Å²) in [4.78, 5) is 12.6. The maximum Gasteiger partial charge on any atom is 0.256 e. The standard InChI is InChI=1S/C18H22ClNO2/c1-10-6-8-18(9-7-10)16(21)15(17(22)20-18)14-11(2)4-5-13(19)12(14)3/h4-5,10,21H,6-9H2,1-3H3,(H,20,22). The smallest absolute Gasteiger partial charge is 0.256 e. The van der Waals surface area contributed by atoms with E-state index in [0.717, 1.165) is 42.4 Å². The van der Waals surface area contributed by atoms with E-state index in [-0.39, 0.29) is 11.7 Å². The van der Waals surface area contributed by atoms with Crippen LogP contribution in [0.4, 0.5) is 0 Å². The number of rotatable bonds is 1. The molecule has 4 heteroatoms. The van der Waals surface area contributed by atoms with Gasteiger partial charge in [-0.3, -0.25) is 4.79 Å². The number of aliphatic hydroxyl groups is 1. The highest BCUT2D eigenvalue weighted by Gasteiger charge is 2.47. The molecule has 1 aromatic rings. The fraction of sp³-hybridized carbons (Fsp3) is 0.500. The number of benzene rings is 1. The molecule has 1 heterocycles. The van der Waals surface area contributed by atoms with Gasteiger partial charge >= 0.3 is 0 Å². The lowest BCUT2D eigenvalue weighted by Gasteiger charge is -2.36. The summed E-state index contributed by atoms with van der Waals surface area (Å²) in [5.41, 5.74) is 2.42. The van der Waals surface area contributed by atoms with Crippen LogP contribution >= 0.6 is 11.6 Å². The van der Waals surface area contributed by atoms with Crippen molar-refractivity contribution in [2.75, 3.05) is 0 Å². The summed E-state index contributed by atoms with van der Waals surface area (Å²) < 4.78 is 0. The maximum atomic E-state index is 12.6.